The molecule has 0 aromatic heterocycles. The molecule has 21 heavy (non-hydrogen) atoms. The van der Waals surface area contributed by atoms with Crippen LogP contribution in [0, 0.1) is 0 Å². The van der Waals surface area contributed by atoms with Gasteiger partial charge in [0.05, 0.1) is 0 Å². The van der Waals surface area contributed by atoms with Crippen LogP contribution in [0.2, 0.25) is 0 Å². The molecule has 0 atom stereocenters. The minimum atomic E-state index is -1.16. The Hall–Kier alpha value is 0.190. The van der Waals surface area contributed by atoms with Crippen LogP contribution in [0.4, 0.5) is 0 Å². The van der Waals surface area contributed by atoms with Crippen molar-refractivity contribution in [1.82, 2.24) is 4.90 Å². The first-order valence-corrected chi connectivity index (χ1v) is 10.4. The summed E-state index contributed by atoms with van der Waals surface area (Å²) in [7, 11) is 4.16. The maximum absolute atomic E-state index is 6.38. The number of hydrogen-bond acceptors (Lipinski definition) is 1. The van der Waals surface area contributed by atoms with Crippen LogP contribution in [0.5, 0.6) is 0 Å². The summed E-state index contributed by atoms with van der Waals surface area (Å²) >= 11 is 12.8. The van der Waals surface area contributed by atoms with Gasteiger partial charge >= 0.3 is 0 Å². The van der Waals surface area contributed by atoms with Crippen molar-refractivity contribution in [3.63, 3.8) is 0 Å². The second-order valence-electron chi connectivity index (χ2n) is 8.00. The third kappa shape index (κ3) is 5.10. The Kier molecular flexibility index (Phi) is 6.18. The van der Waals surface area contributed by atoms with Crippen LogP contribution in [0.1, 0.15) is 58.2 Å². The number of halogens is 2. The molecule has 1 nitrogen and oxygen atoms in total. The van der Waals surface area contributed by atoms with Gasteiger partial charge in [-0.25, -0.2) is 0 Å². The van der Waals surface area contributed by atoms with E-state index in [9.17, 15) is 0 Å². The fourth-order valence-corrected chi connectivity index (χ4v) is 4.49. The third-order valence-corrected chi connectivity index (χ3v) is 5.40. The lowest BCUT2D eigenvalue weighted by molar-refractivity contribution is 0.402. The Bertz CT molecular complexity index is 497. The summed E-state index contributed by atoms with van der Waals surface area (Å²) in [5.41, 5.74) is 4.03. The molecule has 0 saturated heterocycles. The Morgan fingerprint density at radius 2 is 1.48 bits per heavy atom. The SMILES string of the molecule is CN(C)Cc1cc(C(C)(C)C)cc(C(C)(C)C)c1P(Cl)Cl. The van der Waals surface area contributed by atoms with Gasteiger partial charge in [-0.05, 0) is 41.6 Å². The first-order chi connectivity index (χ1) is 9.34. The zero-order valence-corrected chi connectivity index (χ0v) is 16.9. The van der Waals surface area contributed by atoms with Gasteiger partial charge in [0.25, 0.3) is 0 Å². The van der Waals surface area contributed by atoms with E-state index in [0.29, 0.717) is 0 Å². The highest BCUT2D eigenvalue weighted by atomic mass is 35.9. The lowest BCUT2D eigenvalue weighted by atomic mass is 9.79. The summed E-state index contributed by atoms with van der Waals surface area (Å²) in [6, 6.07) is 4.58. The highest BCUT2D eigenvalue weighted by molar-refractivity contribution is 8.09. The van der Waals surface area contributed by atoms with Crippen LogP contribution in [-0.4, -0.2) is 19.0 Å². The molecule has 0 saturated carbocycles. The Morgan fingerprint density at radius 1 is 0.952 bits per heavy atom. The number of benzene rings is 1. The molecule has 1 aromatic rings. The zero-order valence-electron chi connectivity index (χ0n) is 14.5. The summed E-state index contributed by atoms with van der Waals surface area (Å²) in [6.07, 6.45) is 0. The van der Waals surface area contributed by atoms with Crippen molar-refractivity contribution in [3.8, 4) is 0 Å². The lowest BCUT2D eigenvalue weighted by Crippen LogP contribution is -2.28. The van der Waals surface area contributed by atoms with Gasteiger partial charge in [0, 0.05) is 11.8 Å². The second-order valence-corrected chi connectivity index (χ2v) is 11.5. The van der Waals surface area contributed by atoms with E-state index < -0.39 is 6.63 Å². The maximum atomic E-state index is 6.38. The summed E-state index contributed by atoms with van der Waals surface area (Å²) in [5, 5.41) is 1.14. The van der Waals surface area contributed by atoms with Crippen molar-refractivity contribution in [1.29, 1.82) is 0 Å². The van der Waals surface area contributed by atoms with Crippen LogP contribution >= 0.6 is 29.1 Å². The third-order valence-electron chi connectivity index (χ3n) is 3.52. The average Bonchev–Trinajstić information content (AvgIpc) is 2.23. The van der Waals surface area contributed by atoms with Crippen molar-refractivity contribution in [2.24, 2.45) is 0 Å². The van der Waals surface area contributed by atoms with E-state index in [1.807, 2.05) is 0 Å². The molecular weight excluding hydrogens is 320 g/mol. The highest BCUT2D eigenvalue weighted by Crippen LogP contribution is 2.49. The molecular formula is C17H28Cl2NP. The lowest BCUT2D eigenvalue weighted by Gasteiger charge is -2.30. The van der Waals surface area contributed by atoms with E-state index in [0.717, 1.165) is 11.8 Å². The summed E-state index contributed by atoms with van der Waals surface area (Å²) < 4.78 is 0. The number of hydrogen-bond donors (Lipinski definition) is 0. The summed E-state index contributed by atoms with van der Waals surface area (Å²) in [4.78, 5) is 2.17. The molecule has 0 spiro atoms. The van der Waals surface area contributed by atoms with E-state index in [2.05, 4.69) is 72.7 Å². The molecule has 0 fully saturated rings. The quantitative estimate of drug-likeness (QED) is 0.628. The van der Waals surface area contributed by atoms with Crippen LogP contribution in [0.3, 0.4) is 0 Å². The van der Waals surface area contributed by atoms with Gasteiger partial charge in [0.15, 0.2) is 0 Å². The van der Waals surface area contributed by atoms with Crippen LogP contribution < -0.4 is 5.30 Å². The minimum absolute atomic E-state index is 0.0298. The molecule has 0 aliphatic rings. The molecule has 0 amide bonds. The van der Waals surface area contributed by atoms with E-state index in [1.54, 1.807) is 0 Å². The molecule has 0 aliphatic carbocycles. The van der Waals surface area contributed by atoms with Crippen LogP contribution in [0.15, 0.2) is 12.1 Å². The van der Waals surface area contributed by atoms with Gasteiger partial charge in [-0.2, -0.15) is 0 Å². The van der Waals surface area contributed by atoms with Gasteiger partial charge in [-0.3, -0.25) is 0 Å². The van der Waals surface area contributed by atoms with Crippen molar-refractivity contribution in [2.45, 2.75) is 58.9 Å². The number of rotatable bonds is 3. The number of nitrogens with zero attached hydrogens (tertiary/aromatic N) is 1. The summed E-state index contributed by atoms with van der Waals surface area (Å²) in [5.74, 6) is 0. The molecule has 0 bridgehead atoms. The molecule has 0 radical (unpaired) electrons. The van der Waals surface area contributed by atoms with Crippen LogP contribution in [0.25, 0.3) is 0 Å². The Labute approximate surface area is 141 Å². The fraction of sp³-hybridized carbons (Fsp3) is 0.647. The molecule has 1 aromatic carbocycles. The van der Waals surface area contributed by atoms with Crippen molar-refractivity contribution in [3.05, 3.63) is 28.8 Å². The van der Waals surface area contributed by atoms with E-state index >= 15 is 0 Å². The molecule has 0 N–H and O–H groups in total. The first kappa shape index (κ1) is 19.2. The molecule has 120 valence electrons. The summed E-state index contributed by atoms with van der Waals surface area (Å²) in [6.45, 7) is 13.1. The predicted molar refractivity (Wildman–Crippen MR) is 99.5 cm³/mol. The molecule has 4 heteroatoms. The molecule has 0 unspecified atom stereocenters. The van der Waals surface area contributed by atoms with Crippen LogP contribution in [-0.2, 0) is 17.4 Å². The predicted octanol–water partition coefficient (Wildman–Crippen LogP) is 5.76. The van der Waals surface area contributed by atoms with Crippen molar-refractivity contribution < 1.29 is 0 Å². The normalized spacial score (nSPS) is 13.3. The largest absolute Gasteiger partial charge is 0.305 e. The van der Waals surface area contributed by atoms with Crippen molar-refractivity contribution in [2.75, 3.05) is 14.1 Å². The first-order valence-electron chi connectivity index (χ1n) is 7.28. The smallest absolute Gasteiger partial charge is 0.117 e. The van der Waals surface area contributed by atoms with Gasteiger partial charge in [-0.15, -0.1) is 0 Å². The topological polar surface area (TPSA) is 3.24 Å². The zero-order chi connectivity index (χ0) is 16.6. The maximum Gasteiger partial charge on any atom is 0.117 e. The Morgan fingerprint density at radius 3 is 1.81 bits per heavy atom. The standard InChI is InChI=1S/C17H28Cl2NP/c1-16(2,3)13-9-12(11-20(7)8)15(21(18)19)14(10-13)17(4,5)6/h9-10H,11H2,1-8H3. The molecule has 0 heterocycles. The van der Waals surface area contributed by atoms with E-state index in [4.69, 9.17) is 22.5 Å². The average molecular weight is 348 g/mol. The van der Waals surface area contributed by atoms with Gasteiger partial charge in [0.2, 0.25) is 0 Å². The fourth-order valence-electron chi connectivity index (χ4n) is 2.36. The minimum Gasteiger partial charge on any atom is -0.305 e. The van der Waals surface area contributed by atoms with Gasteiger partial charge in [0.1, 0.15) is 6.63 Å². The van der Waals surface area contributed by atoms with Gasteiger partial charge < -0.3 is 4.90 Å². The molecule has 1 rings (SSSR count). The monoisotopic (exact) mass is 347 g/mol. The van der Waals surface area contributed by atoms with Crippen molar-refractivity contribution >= 4 is 34.4 Å². The Balaban J connectivity index is 3.66. The second kappa shape index (κ2) is 6.75. The highest BCUT2D eigenvalue weighted by Gasteiger charge is 2.27. The van der Waals surface area contributed by atoms with Gasteiger partial charge in [-0.1, -0.05) is 76.2 Å². The molecule has 0 aliphatic heterocycles. The van der Waals surface area contributed by atoms with E-state index in [1.165, 1.54) is 16.7 Å². The van der Waals surface area contributed by atoms with E-state index in [-0.39, 0.29) is 10.8 Å².